The SMILES string of the molecule is N#CC(=CNc1cccc2ccccc12)c1nc(-c2cc3cc(Br)ccc3oc2=O)cs1. The van der Waals surface area contributed by atoms with Crippen LogP contribution in [0.15, 0.2) is 92.0 Å². The highest BCUT2D eigenvalue weighted by Gasteiger charge is 2.14. The zero-order chi connectivity index (χ0) is 22.1. The first-order chi connectivity index (χ1) is 15.6. The summed E-state index contributed by atoms with van der Waals surface area (Å²) in [6, 6.07) is 23.4. The summed E-state index contributed by atoms with van der Waals surface area (Å²) in [7, 11) is 0. The van der Waals surface area contributed by atoms with Crippen LogP contribution >= 0.6 is 27.3 Å². The summed E-state index contributed by atoms with van der Waals surface area (Å²) in [5.41, 5.74) is 2.15. The lowest BCUT2D eigenvalue weighted by Crippen LogP contribution is -2.03. The summed E-state index contributed by atoms with van der Waals surface area (Å²) in [5, 5.41) is 18.2. The molecule has 0 saturated heterocycles. The van der Waals surface area contributed by atoms with E-state index in [2.05, 4.69) is 32.3 Å². The largest absolute Gasteiger partial charge is 0.422 e. The van der Waals surface area contributed by atoms with Gasteiger partial charge >= 0.3 is 5.63 Å². The van der Waals surface area contributed by atoms with Crippen molar-refractivity contribution < 1.29 is 4.42 Å². The van der Waals surface area contributed by atoms with Crippen LogP contribution in [0.5, 0.6) is 0 Å². The van der Waals surface area contributed by atoms with Crippen LogP contribution < -0.4 is 10.9 Å². The molecule has 0 amide bonds. The lowest BCUT2D eigenvalue weighted by molar-refractivity contribution is 0.563. The zero-order valence-electron chi connectivity index (χ0n) is 16.5. The van der Waals surface area contributed by atoms with Gasteiger partial charge in [-0.15, -0.1) is 11.3 Å². The van der Waals surface area contributed by atoms with Crippen molar-refractivity contribution in [3.63, 3.8) is 0 Å². The number of nitriles is 1. The average Bonchev–Trinajstić information content (AvgIpc) is 3.29. The molecular formula is C25H14BrN3O2S. The van der Waals surface area contributed by atoms with E-state index in [0.29, 0.717) is 27.4 Å². The number of rotatable bonds is 4. The van der Waals surface area contributed by atoms with Crippen molar-refractivity contribution in [2.45, 2.75) is 0 Å². The first kappa shape index (κ1) is 20.2. The number of hydrogen-bond donors (Lipinski definition) is 1. The Labute approximate surface area is 195 Å². The van der Waals surface area contributed by atoms with Gasteiger partial charge in [0.2, 0.25) is 0 Å². The Balaban J connectivity index is 1.49. The van der Waals surface area contributed by atoms with Crippen molar-refractivity contribution in [3.05, 3.63) is 98.2 Å². The summed E-state index contributed by atoms with van der Waals surface area (Å²) in [6.07, 6.45) is 1.64. The van der Waals surface area contributed by atoms with E-state index in [9.17, 15) is 10.1 Å². The van der Waals surface area contributed by atoms with Crippen LogP contribution in [0.1, 0.15) is 5.01 Å². The van der Waals surface area contributed by atoms with Crippen LogP contribution in [-0.2, 0) is 0 Å². The van der Waals surface area contributed by atoms with Gasteiger partial charge in [-0.25, -0.2) is 9.78 Å². The number of fused-ring (bicyclic) bond motifs is 2. The Morgan fingerprint density at radius 2 is 1.94 bits per heavy atom. The fourth-order valence-electron chi connectivity index (χ4n) is 3.44. The van der Waals surface area contributed by atoms with Crippen LogP contribution in [0.3, 0.4) is 0 Å². The number of nitrogens with zero attached hydrogens (tertiary/aromatic N) is 2. The Bertz CT molecular complexity index is 1610. The summed E-state index contributed by atoms with van der Waals surface area (Å²) < 4.78 is 6.33. The third-order valence-electron chi connectivity index (χ3n) is 4.99. The van der Waals surface area contributed by atoms with E-state index in [4.69, 9.17) is 4.42 Å². The summed E-state index contributed by atoms with van der Waals surface area (Å²) in [6.45, 7) is 0. The number of anilines is 1. The van der Waals surface area contributed by atoms with Crippen molar-refractivity contribution in [2.75, 3.05) is 5.32 Å². The van der Waals surface area contributed by atoms with Gasteiger partial charge in [0.25, 0.3) is 0 Å². The number of hydrogen-bond acceptors (Lipinski definition) is 6. The van der Waals surface area contributed by atoms with Gasteiger partial charge in [0, 0.05) is 32.5 Å². The van der Waals surface area contributed by atoms with Crippen LogP contribution in [0.2, 0.25) is 0 Å². The second-order valence-corrected chi connectivity index (χ2v) is 8.78. The number of nitrogens with one attached hydrogen (secondary N) is 1. The molecule has 154 valence electrons. The van der Waals surface area contributed by atoms with E-state index in [1.54, 1.807) is 23.7 Å². The molecule has 0 spiro atoms. The van der Waals surface area contributed by atoms with Gasteiger partial charge in [-0.1, -0.05) is 52.3 Å². The molecule has 0 saturated carbocycles. The molecule has 0 unspecified atom stereocenters. The fourth-order valence-corrected chi connectivity index (χ4v) is 4.60. The number of allylic oxidation sites excluding steroid dienone is 1. The molecule has 2 aromatic heterocycles. The highest BCUT2D eigenvalue weighted by Crippen LogP contribution is 2.28. The smallest absolute Gasteiger partial charge is 0.345 e. The number of benzene rings is 3. The summed E-state index contributed by atoms with van der Waals surface area (Å²) in [4.78, 5) is 17.0. The normalized spacial score (nSPS) is 11.6. The van der Waals surface area contributed by atoms with Gasteiger partial charge < -0.3 is 9.73 Å². The molecule has 7 heteroatoms. The molecule has 0 aliphatic carbocycles. The molecule has 0 fully saturated rings. The van der Waals surface area contributed by atoms with Crippen LogP contribution in [0, 0.1) is 11.3 Å². The van der Waals surface area contributed by atoms with Crippen molar-refractivity contribution in [2.24, 2.45) is 0 Å². The van der Waals surface area contributed by atoms with Crippen molar-refractivity contribution in [3.8, 4) is 17.3 Å². The number of aromatic nitrogens is 1. The first-order valence-electron chi connectivity index (χ1n) is 9.66. The molecule has 0 aliphatic rings. The molecule has 2 heterocycles. The van der Waals surface area contributed by atoms with E-state index in [1.807, 2.05) is 54.6 Å². The number of thiazole rings is 1. The second kappa shape index (κ2) is 8.42. The maximum Gasteiger partial charge on any atom is 0.345 e. The van der Waals surface area contributed by atoms with Gasteiger partial charge in [0.1, 0.15) is 22.2 Å². The molecule has 5 rings (SSSR count). The van der Waals surface area contributed by atoms with Crippen LogP contribution in [0.4, 0.5) is 5.69 Å². The maximum atomic E-state index is 12.5. The first-order valence-corrected chi connectivity index (χ1v) is 11.3. The van der Waals surface area contributed by atoms with E-state index in [0.717, 1.165) is 26.3 Å². The van der Waals surface area contributed by atoms with Gasteiger partial charge in [0.05, 0.1) is 11.3 Å². The highest BCUT2D eigenvalue weighted by molar-refractivity contribution is 9.10. The topological polar surface area (TPSA) is 78.9 Å². The fraction of sp³-hybridized carbons (Fsp3) is 0. The zero-order valence-corrected chi connectivity index (χ0v) is 18.9. The molecule has 3 aromatic carbocycles. The lowest BCUT2D eigenvalue weighted by atomic mass is 10.1. The second-order valence-electron chi connectivity index (χ2n) is 7.01. The number of halogens is 1. The van der Waals surface area contributed by atoms with Crippen molar-refractivity contribution in [1.29, 1.82) is 5.26 Å². The predicted molar refractivity (Wildman–Crippen MR) is 132 cm³/mol. The van der Waals surface area contributed by atoms with Crippen molar-refractivity contribution >= 4 is 60.3 Å². The van der Waals surface area contributed by atoms with E-state index in [1.165, 1.54) is 11.3 Å². The minimum absolute atomic E-state index is 0.359. The van der Waals surface area contributed by atoms with E-state index < -0.39 is 5.63 Å². The lowest BCUT2D eigenvalue weighted by Gasteiger charge is -2.06. The van der Waals surface area contributed by atoms with E-state index >= 15 is 0 Å². The van der Waals surface area contributed by atoms with Gasteiger partial charge in [-0.2, -0.15) is 5.26 Å². The van der Waals surface area contributed by atoms with Gasteiger partial charge in [-0.05, 0) is 35.7 Å². The molecule has 0 bridgehead atoms. The monoisotopic (exact) mass is 499 g/mol. The molecule has 0 aliphatic heterocycles. The molecule has 0 radical (unpaired) electrons. The predicted octanol–water partition coefficient (Wildman–Crippen LogP) is 6.81. The van der Waals surface area contributed by atoms with Crippen LogP contribution in [0.25, 0.3) is 38.6 Å². The summed E-state index contributed by atoms with van der Waals surface area (Å²) in [5.74, 6) is 0. The highest BCUT2D eigenvalue weighted by atomic mass is 79.9. The standard InChI is InChI=1S/C25H14BrN3O2S/c26-18-8-9-23-16(10-18)11-20(25(30)31-23)22-14-32-24(29-22)17(12-27)13-28-21-7-3-5-15-4-1-2-6-19(15)21/h1-11,13-14,28H. The minimum Gasteiger partial charge on any atom is -0.422 e. The molecule has 5 aromatic rings. The summed E-state index contributed by atoms with van der Waals surface area (Å²) >= 11 is 4.73. The third-order valence-corrected chi connectivity index (χ3v) is 6.36. The Morgan fingerprint density at radius 3 is 2.81 bits per heavy atom. The van der Waals surface area contributed by atoms with Gasteiger partial charge in [0.15, 0.2) is 0 Å². The van der Waals surface area contributed by atoms with Crippen molar-refractivity contribution in [1.82, 2.24) is 4.98 Å². The molecule has 1 N–H and O–H groups in total. The Morgan fingerprint density at radius 1 is 1.09 bits per heavy atom. The molecule has 0 atom stereocenters. The minimum atomic E-state index is -0.465. The molecular weight excluding hydrogens is 486 g/mol. The maximum absolute atomic E-state index is 12.5. The molecule has 32 heavy (non-hydrogen) atoms. The van der Waals surface area contributed by atoms with Crippen LogP contribution in [-0.4, -0.2) is 4.98 Å². The van der Waals surface area contributed by atoms with E-state index in [-0.39, 0.29) is 0 Å². The molecule has 5 nitrogen and oxygen atoms in total. The Hall–Kier alpha value is -3.73. The Kier molecular flexibility index (Phi) is 5.31. The average molecular weight is 500 g/mol. The third kappa shape index (κ3) is 3.82. The van der Waals surface area contributed by atoms with Gasteiger partial charge in [-0.3, -0.25) is 0 Å². The quantitative estimate of drug-likeness (QED) is 0.217.